The van der Waals surface area contributed by atoms with Crippen LogP contribution in [0, 0.1) is 0 Å². The molecule has 1 aromatic rings. The summed E-state index contributed by atoms with van der Waals surface area (Å²) < 4.78 is 5.29. The molecule has 0 saturated carbocycles. The first-order valence-electron chi connectivity index (χ1n) is 7.01. The Morgan fingerprint density at radius 1 is 1.40 bits per heavy atom. The van der Waals surface area contributed by atoms with Gasteiger partial charge in [0.15, 0.2) is 6.61 Å². The van der Waals surface area contributed by atoms with Crippen molar-refractivity contribution in [1.82, 2.24) is 4.90 Å². The highest BCUT2D eigenvalue weighted by molar-refractivity contribution is 5.99. The van der Waals surface area contributed by atoms with Gasteiger partial charge in [-0.25, -0.2) is 0 Å². The molecule has 1 aliphatic rings. The van der Waals surface area contributed by atoms with E-state index in [1.54, 1.807) is 18.2 Å². The van der Waals surface area contributed by atoms with Crippen LogP contribution in [-0.2, 0) is 4.79 Å². The number of carbonyl (C=O) groups is 2. The lowest BCUT2D eigenvalue weighted by Crippen LogP contribution is -2.32. The summed E-state index contributed by atoms with van der Waals surface area (Å²) in [7, 11) is 0. The van der Waals surface area contributed by atoms with E-state index in [9.17, 15) is 9.59 Å². The third-order valence-electron chi connectivity index (χ3n) is 3.31. The summed E-state index contributed by atoms with van der Waals surface area (Å²) in [6.07, 6.45) is 2.04. The molecular weight excluding hydrogens is 256 g/mol. The molecular formula is C15H20N2O3. The van der Waals surface area contributed by atoms with Crippen molar-refractivity contribution in [3.63, 3.8) is 0 Å². The maximum Gasteiger partial charge on any atom is 0.262 e. The Morgan fingerprint density at radius 2 is 2.20 bits per heavy atom. The summed E-state index contributed by atoms with van der Waals surface area (Å²) >= 11 is 0. The molecule has 0 saturated heterocycles. The van der Waals surface area contributed by atoms with Crippen LogP contribution in [0.2, 0.25) is 0 Å². The van der Waals surface area contributed by atoms with Gasteiger partial charge in [-0.3, -0.25) is 9.59 Å². The molecule has 5 nitrogen and oxygen atoms in total. The zero-order chi connectivity index (χ0) is 14.5. The quantitative estimate of drug-likeness (QED) is 0.897. The topological polar surface area (TPSA) is 58.6 Å². The molecule has 2 amide bonds. The number of fused-ring (bicyclic) bond motifs is 1. The highest BCUT2D eigenvalue weighted by Gasteiger charge is 2.19. The number of nitrogens with one attached hydrogen (secondary N) is 1. The largest absolute Gasteiger partial charge is 0.482 e. The fourth-order valence-corrected chi connectivity index (χ4v) is 2.15. The molecule has 0 unspecified atom stereocenters. The van der Waals surface area contributed by atoms with Crippen LogP contribution >= 0.6 is 0 Å². The number of nitrogens with zero attached hydrogens (tertiary/aromatic N) is 1. The van der Waals surface area contributed by atoms with Crippen LogP contribution in [0.15, 0.2) is 18.2 Å². The fourth-order valence-electron chi connectivity index (χ4n) is 2.15. The maximum absolute atomic E-state index is 12.4. The van der Waals surface area contributed by atoms with Gasteiger partial charge in [0.2, 0.25) is 0 Å². The van der Waals surface area contributed by atoms with Crippen LogP contribution < -0.4 is 10.1 Å². The second kappa shape index (κ2) is 6.41. The highest BCUT2D eigenvalue weighted by atomic mass is 16.5. The molecule has 0 atom stereocenters. The molecule has 0 spiro atoms. The van der Waals surface area contributed by atoms with E-state index in [0.29, 0.717) is 23.5 Å². The lowest BCUT2D eigenvalue weighted by Gasteiger charge is -2.22. The monoisotopic (exact) mass is 276 g/mol. The van der Waals surface area contributed by atoms with Crippen LogP contribution in [0.3, 0.4) is 0 Å². The van der Waals surface area contributed by atoms with Gasteiger partial charge in [-0.2, -0.15) is 0 Å². The Kier molecular flexibility index (Phi) is 4.61. The first-order chi connectivity index (χ1) is 9.65. The van der Waals surface area contributed by atoms with Gasteiger partial charge < -0.3 is 15.0 Å². The van der Waals surface area contributed by atoms with Gasteiger partial charge in [0, 0.05) is 18.7 Å². The SMILES string of the molecule is CCCCN(CC)C(=O)c1ccc2c(c1)NC(=O)CO2. The number of ether oxygens (including phenoxy) is 1. The third kappa shape index (κ3) is 3.10. The Bertz CT molecular complexity index is 514. The predicted octanol–water partition coefficient (Wildman–Crippen LogP) is 2.28. The van der Waals surface area contributed by atoms with Crippen molar-refractivity contribution in [3.8, 4) is 5.75 Å². The lowest BCUT2D eigenvalue weighted by atomic mass is 10.1. The van der Waals surface area contributed by atoms with Gasteiger partial charge >= 0.3 is 0 Å². The van der Waals surface area contributed by atoms with E-state index >= 15 is 0 Å². The summed E-state index contributed by atoms with van der Waals surface area (Å²) in [5, 5.41) is 2.72. The van der Waals surface area contributed by atoms with Gasteiger partial charge in [-0.15, -0.1) is 0 Å². The molecule has 0 aliphatic carbocycles. The van der Waals surface area contributed by atoms with E-state index in [0.717, 1.165) is 19.4 Å². The summed E-state index contributed by atoms with van der Waals surface area (Å²) in [5.41, 5.74) is 1.14. The van der Waals surface area contributed by atoms with E-state index < -0.39 is 0 Å². The number of rotatable bonds is 5. The highest BCUT2D eigenvalue weighted by Crippen LogP contribution is 2.28. The molecule has 0 radical (unpaired) electrons. The van der Waals surface area contributed by atoms with E-state index in [2.05, 4.69) is 12.2 Å². The molecule has 0 bridgehead atoms. The molecule has 2 rings (SSSR count). The van der Waals surface area contributed by atoms with Crippen molar-refractivity contribution in [1.29, 1.82) is 0 Å². The molecule has 1 aromatic carbocycles. The van der Waals surface area contributed by atoms with E-state index in [1.165, 1.54) is 0 Å². The first kappa shape index (κ1) is 14.4. The van der Waals surface area contributed by atoms with Crippen LogP contribution in [0.4, 0.5) is 5.69 Å². The zero-order valence-corrected chi connectivity index (χ0v) is 11.9. The molecule has 1 N–H and O–H groups in total. The van der Waals surface area contributed by atoms with Gasteiger partial charge in [0.1, 0.15) is 5.75 Å². The van der Waals surface area contributed by atoms with E-state index in [-0.39, 0.29) is 18.4 Å². The number of anilines is 1. The predicted molar refractivity (Wildman–Crippen MR) is 77.1 cm³/mol. The molecule has 1 heterocycles. The van der Waals surface area contributed by atoms with Crippen LogP contribution in [0.25, 0.3) is 0 Å². The Morgan fingerprint density at radius 3 is 2.90 bits per heavy atom. The number of benzene rings is 1. The minimum Gasteiger partial charge on any atom is -0.482 e. The van der Waals surface area contributed by atoms with Crippen LogP contribution in [0.5, 0.6) is 5.75 Å². The van der Waals surface area contributed by atoms with Crippen molar-refractivity contribution in [2.75, 3.05) is 25.0 Å². The van der Waals surface area contributed by atoms with Gasteiger partial charge in [-0.1, -0.05) is 13.3 Å². The molecule has 0 aromatic heterocycles. The molecule has 108 valence electrons. The first-order valence-corrected chi connectivity index (χ1v) is 7.01. The summed E-state index contributed by atoms with van der Waals surface area (Å²) in [5.74, 6) is 0.404. The second-order valence-electron chi connectivity index (χ2n) is 4.79. The average molecular weight is 276 g/mol. The van der Waals surface area contributed by atoms with Crippen molar-refractivity contribution >= 4 is 17.5 Å². The number of hydrogen-bond acceptors (Lipinski definition) is 3. The number of carbonyl (C=O) groups excluding carboxylic acids is 2. The molecule has 0 fully saturated rings. The normalized spacial score (nSPS) is 13.2. The second-order valence-corrected chi connectivity index (χ2v) is 4.79. The summed E-state index contributed by atoms with van der Waals surface area (Å²) in [4.78, 5) is 25.5. The van der Waals surface area contributed by atoms with Crippen molar-refractivity contribution in [3.05, 3.63) is 23.8 Å². The summed E-state index contributed by atoms with van der Waals surface area (Å²) in [6.45, 7) is 5.53. The van der Waals surface area contributed by atoms with Crippen molar-refractivity contribution < 1.29 is 14.3 Å². The average Bonchev–Trinajstić information content (AvgIpc) is 2.47. The van der Waals surface area contributed by atoms with Crippen LogP contribution in [-0.4, -0.2) is 36.4 Å². The standard InChI is InChI=1S/C15H20N2O3/c1-3-5-8-17(4-2)15(19)11-6-7-13-12(9-11)16-14(18)10-20-13/h6-7,9H,3-5,8,10H2,1-2H3,(H,16,18). The number of amides is 2. The Labute approximate surface area is 118 Å². The third-order valence-corrected chi connectivity index (χ3v) is 3.31. The molecule has 20 heavy (non-hydrogen) atoms. The molecule has 5 heteroatoms. The van der Waals surface area contributed by atoms with E-state index in [1.807, 2.05) is 11.8 Å². The fraction of sp³-hybridized carbons (Fsp3) is 0.467. The van der Waals surface area contributed by atoms with Gasteiger partial charge in [0.05, 0.1) is 5.69 Å². The van der Waals surface area contributed by atoms with Gasteiger partial charge in [-0.05, 0) is 31.5 Å². The summed E-state index contributed by atoms with van der Waals surface area (Å²) in [6, 6.07) is 5.16. The minimum atomic E-state index is -0.194. The zero-order valence-electron chi connectivity index (χ0n) is 11.9. The smallest absolute Gasteiger partial charge is 0.262 e. The lowest BCUT2D eigenvalue weighted by molar-refractivity contribution is -0.118. The number of hydrogen-bond donors (Lipinski definition) is 1. The van der Waals surface area contributed by atoms with Gasteiger partial charge in [0.25, 0.3) is 11.8 Å². The Hall–Kier alpha value is -2.04. The van der Waals surface area contributed by atoms with Crippen molar-refractivity contribution in [2.45, 2.75) is 26.7 Å². The Balaban J connectivity index is 2.17. The maximum atomic E-state index is 12.4. The number of unbranched alkanes of at least 4 members (excludes halogenated alkanes) is 1. The molecule has 1 aliphatic heterocycles. The van der Waals surface area contributed by atoms with Crippen LogP contribution in [0.1, 0.15) is 37.0 Å². The van der Waals surface area contributed by atoms with E-state index in [4.69, 9.17) is 4.74 Å². The minimum absolute atomic E-state index is 0.0106. The van der Waals surface area contributed by atoms with Crippen molar-refractivity contribution in [2.24, 2.45) is 0 Å².